The molecule has 1 N–H and O–H groups in total. The van der Waals surface area contributed by atoms with Crippen molar-refractivity contribution in [1.82, 2.24) is 14.9 Å². The van der Waals surface area contributed by atoms with Crippen LogP contribution in [0.3, 0.4) is 0 Å². The Hall–Kier alpha value is -2.40. The van der Waals surface area contributed by atoms with Crippen LogP contribution in [0.25, 0.3) is 0 Å². The molecule has 5 heteroatoms. The molecule has 1 aromatic carbocycles. The summed E-state index contributed by atoms with van der Waals surface area (Å²) in [4.78, 5) is 17.6. The van der Waals surface area contributed by atoms with Gasteiger partial charge in [-0.15, -0.1) is 11.3 Å². The van der Waals surface area contributed by atoms with Gasteiger partial charge >= 0.3 is 0 Å². The van der Waals surface area contributed by atoms with Gasteiger partial charge in [0, 0.05) is 30.2 Å². The van der Waals surface area contributed by atoms with Crippen molar-refractivity contribution in [3.8, 4) is 0 Å². The smallest absolute Gasteiger partial charge is 0.222 e. The molecule has 0 saturated carbocycles. The molecule has 0 aliphatic heterocycles. The van der Waals surface area contributed by atoms with E-state index in [2.05, 4.69) is 40.8 Å². The molecule has 0 unspecified atom stereocenters. The van der Waals surface area contributed by atoms with E-state index in [9.17, 15) is 4.79 Å². The number of nitrogens with one attached hydrogen (secondary N) is 1. The number of rotatable bonds is 7. The Labute approximate surface area is 146 Å². The van der Waals surface area contributed by atoms with Crippen LogP contribution in [0.1, 0.15) is 28.5 Å². The Kier molecular flexibility index (Phi) is 5.43. The Morgan fingerprint density at radius 3 is 2.79 bits per heavy atom. The number of carbonyl (C=O) groups excluding carboxylic acids is 1. The molecule has 0 radical (unpaired) electrons. The third-order valence-electron chi connectivity index (χ3n) is 3.99. The summed E-state index contributed by atoms with van der Waals surface area (Å²) in [7, 11) is 0. The Morgan fingerprint density at radius 1 is 1.29 bits per heavy atom. The average molecular weight is 339 g/mol. The van der Waals surface area contributed by atoms with Gasteiger partial charge in [0.1, 0.15) is 0 Å². The summed E-state index contributed by atoms with van der Waals surface area (Å²) in [6, 6.07) is 12.4. The van der Waals surface area contributed by atoms with Gasteiger partial charge in [0.15, 0.2) is 0 Å². The first-order chi connectivity index (χ1) is 11.7. The van der Waals surface area contributed by atoms with Gasteiger partial charge in [0.2, 0.25) is 5.91 Å². The summed E-state index contributed by atoms with van der Waals surface area (Å²) in [5, 5.41) is 5.29. The lowest BCUT2D eigenvalue weighted by Gasteiger charge is -2.19. The fraction of sp³-hybridized carbons (Fsp3) is 0.263. The molecule has 1 amide bonds. The highest BCUT2D eigenvalue weighted by atomic mass is 32.1. The zero-order valence-corrected chi connectivity index (χ0v) is 14.5. The molecular weight excluding hydrogens is 318 g/mol. The van der Waals surface area contributed by atoms with Crippen LogP contribution in [0.2, 0.25) is 0 Å². The summed E-state index contributed by atoms with van der Waals surface area (Å²) < 4.78 is 1.92. The number of hydrogen-bond acceptors (Lipinski definition) is 3. The Bertz CT molecular complexity index is 765. The van der Waals surface area contributed by atoms with Crippen molar-refractivity contribution in [3.05, 3.63) is 76.5 Å². The standard InChI is InChI=1S/C19H21N3OS/c1-15-8-12-24-19(15)17(13-16-5-3-2-4-6-16)21-18(23)7-10-22-11-9-20-14-22/h2-6,8-9,11-12,14,17H,7,10,13H2,1H3,(H,21,23)/t17-/m1/s1. The van der Waals surface area contributed by atoms with Crippen LogP contribution < -0.4 is 5.32 Å². The minimum atomic E-state index is 0.0164. The topological polar surface area (TPSA) is 46.9 Å². The third kappa shape index (κ3) is 4.32. The third-order valence-corrected chi connectivity index (χ3v) is 5.12. The van der Waals surface area contributed by atoms with Crippen LogP contribution >= 0.6 is 11.3 Å². The number of aromatic nitrogens is 2. The van der Waals surface area contributed by atoms with Gasteiger partial charge in [-0.3, -0.25) is 4.79 Å². The zero-order valence-electron chi connectivity index (χ0n) is 13.7. The summed E-state index contributed by atoms with van der Waals surface area (Å²) in [6.45, 7) is 2.74. The predicted octanol–water partition coefficient (Wildman–Crippen LogP) is 3.74. The molecule has 0 spiro atoms. The molecule has 1 atom stereocenters. The van der Waals surface area contributed by atoms with E-state index in [1.54, 1.807) is 23.9 Å². The number of imidazole rings is 1. The fourth-order valence-corrected chi connectivity index (χ4v) is 3.70. The number of carbonyl (C=O) groups is 1. The summed E-state index contributed by atoms with van der Waals surface area (Å²) in [5.41, 5.74) is 2.46. The normalized spacial score (nSPS) is 12.0. The van der Waals surface area contributed by atoms with E-state index >= 15 is 0 Å². The van der Waals surface area contributed by atoms with Gasteiger partial charge in [-0.1, -0.05) is 30.3 Å². The highest BCUT2D eigenvalue weighted by molar-refractivity contribution is 7.10. The highest BCUT2D eigenvalue weighted by Gasteiger charge is 2.18. The number of hydrogen-bond donors (Lipinski definition) is 1. The SMILES string of the molecule is Cc1ccsc1[C@@H](Cc1ccccc1)NC(=O)CCn1ccnc1. The molecule has 0 saturated heterocycles. The number of benzene rings is 1. The lowest BCUT2D eigenvalue weighted by Crippen LogP contribution is -2.30. The van der Waals surface area contributed by atoms with Gasteiger partial charge in [-0.05, 0) is 35.9 Å². The lowest BCUT2D eigenvalue weighted by atomic mass is 10.0. The summed E-state index contributed by atoms with van der Waals surface area (Å²) in [6.07, 6.45) is 6.59. The van der Waals surface area contributed by atoms with Crippen LogP contribution in [0.5, 0.6) is 0 Å². The number of aryl methyl sites for hydroxylation is 2. The van der Waals surface area contributed by atoms with Crippen molar-refractivity contribution < 1.29 is 4.79 Å². The van der Waals surface area contributed by atoms with Crippen LogP contribution in [-0.4, -0.2) is 15.5 Å². The first kappa shape index (κ1) is 16.5. The molecule has 0 aliphatic rings. The first-order valence-electron chi connectivity index (χ1n) is 8.05. The van der Waals surface area contributed by atoms with Crippen molar-refractivity contribution in [1.29, 1.82) is 0 Å². The number of thiophene rings is 1. The average Bonchev–Trinajstić information content (AvgIpc) is 3.25. The first-order valence-corrected chi connectivity index (χ1v) is 8.93. The second-order valence-corrected chi connectivity index (χ2v) is 6.78. The largest absolute Gasteiger partial charge is 0.348 e. The predicted molar refractivity (Wildman–Crippen MR) is 96.9 cm³/mol. The minimum Gasteiger partial charge on any atom is -0.348 e. The van der Waals surface area contributed by atoms with Crippen LogP contribution in [0, 0.1) is 6.92 Å². The molecule has 2 aromatic heterocycles. The maximum atomic E-state index is 12.4. The van der Waals surface area contributed by atoms with Crippen molar-refractivity contribution >= 4 is 17.2 Å². The number of amides is 1. The second kappa shape index (κ2) is 7.93. The van der Waals surface area contributed by atoms with E-state index in [0.717, 1.165) is 6.42 Å². The van der Waals surface area contributed by atoms with E-state index in [4.69, 9.17) is 0 Å². The van der Waals surface area contributed by atoms with Crippen molar-refractivity contribution in [2.24, 2.45) is 0 Å². The van der Waals surface area contributed by atoms with Crippen LogP contribution in [0.15, 0.2) is 60.5 Å². The molecule has 4 nitrogen and oxygen atoms in total. The van der Waals surface area contributed by atoms with Gasteiger partial charge in [0.05, 0.1) is 12.4 Å². The maximum absolute atomic E-state index is 12.4. The van der Waals surface area contributed by atoms with E-state index < -0.39 is 0 Å². The number of nitrogens with zero attached hydrogens (tertiary/aromatic N) is 2. The molecule has 0 fully saturated rings. The molecule has 3 rings (SSSR count). The molecule has 0 aliphatic carbocycles. The highest BCUT2D eigenvalue weighted by Crippen LogP contribution is 2.27. The molecule has 124 valence electrons. The summed E-state index contributed by atoms with van der Waals surface area (Å²) >= 11 is 1.70. The summed E-state index contributed by atoms with van der Waals surface area (Å²) in [5.74, 6) is 0.0671. The van der Waals surface area contributed by atoms with Gasteiger partial charge < -0.3 is 9.88 Å². The zero-order chi connectivity index (χ0) is 16.8. The maximum Gasteiger partial charge on any atom is 0.222 e. The van der Waals surface area contributed by atoms with Crippen LogP contribution in [-0.2, 0) is 17.8 Å². The minimum absolute atomic E-state index is 0.0164. The molecule has 0 bridgehead atoms. The van der Waals surface area contributed by atoms with Gasteiger partial charge in [-0.2, -0.15) is 0 Å². The Morgan fingerprint density at radius 2 is 2.12 bits per heavy atom. The molecular formula is C19H21N3OS. The van der Waals surface area contributed by atoms with Crippen LogP contribution in [0.4, 0.5) is 0 Å². The Balaban J connectivity index is 1.67. The van der Waals surface area contributed by atoms with E-state index in [1.807, 2.05) is 29.0 Å². The van der Waals surface area contributed by atoms with Crippen molar-refractivity contribution in [2.75, 3.05) is 0 Å². The second-order valence-electron chi connectivity index (χ2n) is 5.83. The van der Waals surface area contributed by atoms with Crippen molar-refractivity contribution in [2.45, 2.75) is 32.4 Å². The molecule has 24 heavy (non-hydrogen) atoms. The molecule has 3 aromatic rings. The lowest BCUT2D eigenvalue weighted by molar-refractivity contribution is -0.122. The monoisotopic (exact) mass is 339 g/mol. The fourth-order valence-electron chi connectivity index (χ4n) is 2.72. The van der Waals surface area contributed by atoms with E-state index in [1.165, 1.54) is 16.0 Å². The van der Waals surface area contributed by atoms with E-state index in [-0.39, 0.29) is 11.9 Å². The van der Waals surface area contributed by atoms with Crippen molar-refractivity contribution in [3.63, 3.8) is 0 Å². The van der Waals surface area contributed by atoms with Gasteiger partial charge in [0.25, 0.3) is 0 Å². The quantitative estimate of drug-likeness (QED) is 0.713. The van der Waals surface area contributed by atoms with Gasteiger partial charge in [-0.25, -0.2) is 4.98 Å². The van der Waals surface area contributed by atoms with E-state index in [0.29, 0.717) is 13.0 Å². The molecule has 2 heterocycles.